The number of nitrogens with zero attached hydrogens (tertiary/aromatic N) is 1. The summed E-state index contributed by atoms with van der Waals surface area (Å²) in [5.74, 6) is 1.77. The van der Waals surface area contributed by atoms with Gasteiger partial charge in [-0.3, -0.25) is 4.79 Å². The molecule has 3 N–H and O–H groups in total. The van der Waals surface area contributed by atoms with Gasteiger partial charge in [0, 0.05) is 6.07 Å². The summed E-state index contributed by atoms with van der Waals surface area (Å²) in [5.41, 5.74) is 8.43. The molecule has 0 aliphatic carbocycles. The molecule has 1 aromatic heterocycles. The fourth-order valence-corrected chi connectivity index (χ4v) is 3.22. The topological polar surface area (TPSA) is 86.5 Å². The van der Waals surface area contributed by atoms with E-state index in [0.29, 0.717) is 17.3 Å². The number of benzene rings is 2. The van der Waals surface area contributed by atoms with E-state index < -0.39 is 6.04 Å². The van der Waals surface area contributed by atoms with Crippen molar-refractivity contribution in [2.75, 3.05) is 5.32 Å². The van der Waals surface area contributed by atoms with Crippen molar-refractivity contribution in [3.8, 4) is 17.4 Å². The van der Waals surface area contributed by atoms with Gasteiger partial charge in [-0.2, -0.15) is 0 Å². The average molecular weight is 389 g/mol. The Kier molecular flexibility index (Phi) is 5.44. The summed E-state index contributed by atoms with van der Waals surface area (Å²) < 4.78 is 12.0. The highest BCUT2D eigenvalue weighted by molar-refractivity contribution is 5.94. The fourth-order valence-electron chi connectivity index (χ4n) is 3.22. The monoisotopic (exact) mass is 389 g/mol. The maximum absolute atomic E-state index is 11.6. The molecule has 6 heteroatoms. The van der Waals surface area contributed by atoms with Crippen LogP contribution in [0.1, 0.15) is 30.6 Å². The molecule has 2 atom stereocenters. The molecule has 0 bridgehead atoms. The molecule has 2 aromatic carbocycles. The molecule has 1 aliphatic heterocycles. The zero-order valence-electron chi connectivity index (χ0n) is 16.2. The Bertz CT molecular complexity index is 988. The second-order valence-corrected chi connectivity index (χ2v) is 7.09. The van der Waals surface area contributed by atoms with E-state index in [0.717, 1.165) is 24.2 Å². The van der Waals surface area contributed by atoms with E-state index in [9.17, 15) is 4.79 Å². The quantitative estimate of drug-likeness (QED) is 0.682. The molecular weight excluding hydrogens is 366 g/mol. The summed E-state index contributed by atoms with van der Waals surface area (Å²) in [4.78, 5) is 15.9. The first-order valence-electron chi connectivity index (χ1n) is 9.63. The van der Waals surface area contributed by atoms with E-state index in [1.54, 1.807) is 25.3 Å². The molecule has 3 aromatic rings. The second kappa shape index (κ2) is 8.32. The van der Waals surface area contributed by atoms with Crippen LogP contribution in [0.25, 0.3) is 0 Å². The van der Waals surface area contributed by atoms with E-state index in [1.165, 1.54) is 5.56 Å². The van der Waals surface area contributed by atoms with Crippen LogP contribution in [0.5, 0.6) is 17.4 Å². The summed E-state index contributed by atoms with van der Waals surface area (Å²) in [7, 11) is 0. The van der Waals surface area contributed by atoms with Gasteiger partial charge in [-0.25, -0.2) is 4.98 Å². The number of pyridine rings is 1. The SMILES string of the molecule is C[C@@H](N)C(=O)Nc1ccc(Oc2ccc3c(c2)CCC(c2ccccc2)O3)nc1. The molecule has 0 radical (unpaired) electrons. The third kappa shape index (κ3) is 4.55. The van der Waals surface area contributed by atoms with Gasteiger partial charge in [0.25, 0.3) is 0 Å². The third-order valence-corrected chi connectivity index (χ3v) is 4.79. The van der Waals surface area contributed by atoms with Crippen LogP contribution < -0.4 is 20.5 Å². The van der Waals surface area contributed by atoms with Crippen LogP contribution in [0.4, 0.5) is 5.69 Å². The lowest BCUT2D eigenvalue weighted by atomic mass is 9.97. The van der Waals surface area contributed by atoms with Crippen molar-refractivity contribution in [3.63, 3.8) is 0 Å². The first-order chi connectivity index (χ1) is 14.1. The summed E-state index contributed by atoms with van der Waals surface area (Å²) in [6.07, 6.45) is 3.46. The van der Waals surface area contributed by atoms with Crippen molar-refractivity contribution in [2.24, 2.45) is 5.73 Å². The first kappa shape index (κ1) is 19.0. The van der Waals surface area contributed by atoms with Gasteiger partial charge in [0.1, 0.15) is 17.6 Å². The number of hydrogen-bond acceptors (Lipinski definition) is 5. The molecule has 0 saturated heterocycles. The van der Waals surface area contributed by atoms with E-state index >= 15 is 0 Å². The van der Waals surface area contributed by atoms with Crippen molar-refractivity contribution in [3.05, 3.63) is 78.0 Å². The normalized spacial score (nSPS) is 16.3. The molecule has 29 heavy (non-hydrogen) atoms. The number of carbonyl (C=O) groups excluding carboxylic acids is 1. The van der Waals surface area contributed by atoms with Gasteiger partial charge in [0.05, 0.1) is 17.9 Å². The Balaban J connectivity index is 1.42. The molecule has 0 spiro atoms. The number of hydrogen-bond donors (Lipinski definition) is 2. The number of ether oxygens (including phenoxy) is 2. The molecule has 2 heterocycles. The standard InChI is InChI=1S/C23H23N3O3/c1-15(24)23(27)26-18-8-12-22(25-14-18)28-19-9-11-21-17(13-19)7-10-20(29-21)16-5-3-2-4-6-16/h2-6,8-9,11-15,20H,7,10,24H2,1H3,(H,26,27)/t15-,20?/m1/s1. The fraction of sp³-hybridized carbons (Fsp3) is 0.217. The van der Waals surface area contributed by atoms with Crippen LogP contribution >= 0.6 is 0 Å². The lowest BCUT2D eigenvalue weighted by molar-refractivity contribution is -0.117. The van der Waals surface area contributed by atoms with Gasteiger partial charge in [-0.05, 0) is 55.2 Å². The van der Waals surface area contributed by atoms with Gasteiger partial charge >= 0.3 is 0 Å². The van der Waals surface area contributed by atoms with Crippen LogP contribution in [0, 0.1) is 0 Å². The summed E-state index contributed by atoms with van der Waals surface area (Å²) in [5, 5.41) is 2.69. The highest BCUT2D eigenvalue weighted by Gasteiger charge is 2.21. The Labute approximate surface area is 169 Å². The van der Waals surface area contributed by atoms with Crippen molar-refractivity contribution in [1.82, 2.24) is 4.98 Å². The number of anilines is 1. The van der Waals surface area contributed by atoms with Crippen LogP contribution in [0.15, 0.2) is 66.9 Å². The van der Waals surface area contributed by atoms with E-state index in [-0.39, 0.29) is 12.0 Å². The predicted octanol–water partition coefficient (Wildman–Crippen LogP) is 4.23. The van der Waals surface area contributed by atoms with Crippen LogP contribution in [-0.2, 0) is 11.2 Å². The molecule has 0 fully saturated rings. The first-order valence-corrected chi connectivity index (χ1v) is 9.63. The number of nitrogens with one attached hydrogen (secondary N) is 1. The predicted molar refractivity (Wildman–Crippen MR) is 111 cm³/mol. The van der Waals surface area contributed by atoms with Gasteiger partial charge in [-0.1, -0.05) is 30.3 Å². The molecule has 0 saturated carbocycles. The van der Waals surface area contributed by atoms with E-state index in [4.69, 9.17) is 15.2 Å². The van der Waals surface area contributed by atoms with Crippen LogP contribution in [-0.4, -0.2) is 16.9 Å². The number of nitrogens with two attached hydrogens (primary N) is 1. The zero-order valence-corrected chi connectivity index (χ0v) is 16.2. The number of rotatable bonds is 5. The lowest BCUT2D eigenvalue weighted by Gasteiger charge is -2.26. The number of carbonyl (C=O) groups is 1. The van der Waals surface area contributed by atoms with Gasteiger partial charge in [-0.15, -0.1) is 0 Å². The van der Waals surface area contributed by atoms with Crippen LogP contribution in [0.3, 0.4) is 0 Å². The second-order valence-electron chi connectivity index (χ2n) is 7.09. The van der Waals surface area contributed by atoms with Gasteiger partial charge < -0.3 is 20.5 Å². The minimum Gasteiger partial charge on any atom is -0.485 e. The Morgan fingerprint density at radius 3 is 2.76 bits per heavy atom. The Hall–Kier alpha value is -3.38. The van der Waals surface area contributed by atoms with Crippen molar-refractivity contribution in [2.45, 2.75) is 31.9 Å². The Morgan fingerprint density at radius 1 is 1.21 bits per heavy atom. The average Bonchev–Trinajstić information content (AvgIpc) is 2.75. The lowest BCUT2D eigenvalue weighted by Crippen LogP contribution is -2.32. The largest absolute Gasteiger partial charge is 0.485 e. The minimum absolute atomic E-state index is 0.0797. The van der Waals surface area contributed by atoms with E-state index in [2.05, 4.69) is 22.4 Å². The molecule has 1 aliphatic rings. The van der Waals surface area contributed by atoms with Crippen LogP contribution in [0.2, 0.25) is 0 Å². The number of fused-ring (bicyclic) bond motifs is 1. The van der Waals surface area contributed by atoms with Crippen molar-refractivity contribution in [1.29, 1.82) is 0 Å². The molecule has 4 rings (SSSR count). The number of aromatic nitrogens is 1. The molecular formula is C23H23N3O3. The smallest absolute Gasteiger partial charge is 0.241 e. The molecule has 148 valence electrons. The van der Waals surface area contributed by atoms with Crippen molar-refractivity contribution < 1.29 is 14.3 Å². The molecule has 6 nitrogen and oxygen atoms in total. The van der Waals surface area contributed by atoms with Gasteiger partial charge in [0.15, 0.2) is 0 Å². The number of amides is 1. The molecule has 1 amide bonds. The summed E-state index contributed by atoms with van der Waals surface area (Å²) >= 11 is 0. The molecule has 1 unspecified atom stereocenters. The summed E-state index contributed by atoms with van der Waals surface area (Å²) in [6.45, 7) is 1.63. The summed E-state index contributed by atoms with van der Waals surface area (Å²) in [6, 6.07) is 18.9. The Morgan fingerprint density at radius 2 is 2.03 bits per heavy atom. The van der Waals surface area contributed by atoms with Gasteiger partial charge in [0.2, 0.25) is 11.8 Å². The van der Waals surface area contributed by atoms with Crippen molar-refractivity contribution >= 4 is 11.6 Å². The highest BCUT2D eigenvalue weighted by atomic mass is 16.5. The maximum Gasteiger partial charge on any atom is 0.241 e. The number of aryl methyl sites for hydroxylation is 1. The highest BCUT2D eigenvalue weighted by Crippen LogP contribution is 2.37. The maximum atomic E-state index is 11.6. The minimum atomic E-state index is -0.579. The zero-order chi connectivity index (χ0) is 20.2. The third-order valence-electron chi connectivity index (χ3n) is 4.79. The van der Waals surface area contributed by atoms with E-state index in [1.807, 2.05) is 36.4 Å².